The molecule has 0 heterocycles. The van der Waals surface area contributed by atoms with Crippen LogP contribution in [0.1, 0.15) is 40.0 Å². The molecule has 0 radical (unpaired) electrons. The van der Waals surface area contributed by atoms with E-state index in [1.807, 2.05) is 19.1 Å². The van der Waals surface area contributed by atoms with Gasteiger partial charge in [0, 0.05) is 5.92 Å². The topological polar surface area (TPSA) is 0 Å². The summed E-state index contributed by atoms with van der Waals surface area (Å²) in [4.78, 5) is 0. The van der Waals surface area contributed by atoms with Gasteiger partial charge in [0.1, 0.15) is 0 Å². The highest BCUT2D eigenvalue weighted by Crippen LogP contribution is 2.06. The lowest BCUT2D eigenvalue weighted by molar-refractivity contribution is 0.955. The van der Waals surface area contributed by atoms with E-state index >= 15 is 0 Å². The van der Waals surface area contributed by atoms with E-state index in [0.29, 0.717) is 5.92 Å². The first-order chi connectivity index (χ1) is 7.78. The van der Waals surface area contributed by atoms with Crippen molar-refractivity contribution in [2.45, 2.75) is 40.0 Å². The first-order valence-electron chi connectivity index (χ1n) is 6.16. The zero-order chi connectivity index (χ0) is 12.2. The normalized spacial score (nSPS) is 12.7. The van der Waals surface area contributed by atoms with Gasteiger partial charge in [0.05, 0.1) is 0 Å². The zero-order valence-electron chi connectivity index (χ0n) is 10.9. The summed E-state index contributed by atoms with van der Waals surface area (Å²) in [5, 5.41) is 0. The van der Waals surface area contributed by atoms with E-state index in [-0.39, 0.29) is 0 Å². The van der Waals surface area contributed by atoms with Crippen molar-refractivity contribution in [2.24, 2.45) is 5.92 Å². The molecule has 0 bridgehead atoms. The molecule has 0 saturated carbocycles. The van der Waals surface area contributed by atoms with Crippen molar-refractivity contribution in [3.8, 4) is 0 Å². The van der Waals surface area contributed by atoms with E-state index in [1.165, 1.54) is 12.0 Å². The fraction of sp³-hybridized carbons (Fsp3) is 0.438. The smallest absolute Gasteiger partial charge is 0.0200 e. The van der Waals surface area contributed by atoms with E-state index in [2.05, 4.69) is 50.5 Å². The molecule has 16 heavy (non-hydrogen) atoms. The van der Waals surface area contributed by atoms with E-state index in [4.69, 9.17) is 0 Å². The molecule has 0 fully saturated rings. The van der Waals surface area contributed by atoms with Crippen LogP contribution in [0.15, 0.2) is 54.3 Å². The van der Waals surface area contributed by atoms with E-state index in [0.717, 1.165) is 12.8 Å². The first kappa shape index (κ1) is 14.7. The lowest BCUT2D eigenvalue weighted by atomic mass is 10.1. The molecule has 0 aromatic heterocycles. The van der Waals surface area contributed by atoms with Crippen molar-refractivity contribution in [3.63, 3.8) is 0 Å². The van der Waals surface area contributed by atoms with Gasteiger partial charge in [-0.2, -0.15) is 0 Å². The molecule has 0 aliphatic rings. The SMILES string of the molecule is C=CC(C=C=C(C=CCCC)CC)C=CC. The molecule has 0 N–H and O–H groups in total. The minimum atomic E-state index is 0.297. The van der Waals surface area contributed by atoms with Gasteiger partial charge in [-0.1, -0.05) is 50.6 Å². The number of unbranched alkanes of at least 4 members (excludes halogenated alkanes) is 1. The van der Waals surface area contributed by atoms with Crippen molar-refractivity contribution in [1.82, 2.24) is 0 Å². The number of allylic oxidation sites excluding steroid dienone is 6. The van der Waals surface area contributed by atoms with Gasteiger partial charge >= 0.3 is 0 Å². The Morgan fingerprint density at radius 1 is 1.38 bits per heavy atom. The second-order valence-electron chi connectivity index (χ2n) is 3.72. The third-order valence-corrected chi connectivity index (χ3v) is 2.30. The zero-order valence-corrected chi connectivity index (χ0v) is 10.9. The lowest BCUT2D eigenvalue weighted by Gasteiger charge is -1.97. The van der Waals surface area contributed by atoms with Crippen LogP contribution in [0.2, 0.25) is 0 Å². The average molecular weight is 216 g/mol. The van der Waals surface area contributed by atoms with Crippen LogP contribution in [0.25, 0.3) is 0 Å². The molecular formula is C16H24. The molecule has 1 unspecified atom stereocenters. The maximum atomic E-state index is 3.81. The Labute approximate surface area is 101 Å². The predicted octanol–water partition coefficient (Wildman–Crippen LogP) is 5.21. The number of hydrogen-bond donors (Lipinski definition) is 0. The van der Waals surface area contributed by atoms with E-state index < -0.39 is 0 Å². The summed E-state index contributed by atoms with van der Waals surface area (Å²) in [7, 11) is 0. The van der Waals surface area contributed by atoms with Crippen LogP contribution in [-0.2, 0) is 0 Å². The quantitative estimate of drug-likeness (QED) is 0.311. The molecule has 88 valence electrons. The molecule has 0 spiro atoms. The summed E-state index contributed by atoms with van der Waals surface area (Å²) >= 11 is 0. The molecule has 0 aliphatic heterocycles. The molecule has 0 amide bonds. The number of hydrogen-bond acceptors (Lipinski definition) is 0. The summed E-state index contributed by atoms with van der Waals surface area (Å²) in [6, 6.07) is 0. The minimum absolute atomic E-state index is 0.297. The Morgan fingerprint density at radius 2 is 2.12 bits per heavy atom. The second kappa shape index (κ2) is 10.3. The Hall–Kier alpha value is -1.26. The Morgan fingerprint density at radius 3 is 2.62 bits per heavy atom. The van der Waals surface area contributed by atoms with Crippen molar-refractivity contribution in [1.29, 1.82) is 0 Å². The van der Waals surface area contributed by atoms with Gasteiger partial charge in [0.15, 0.2) is 0 Å². The third-order valence-electron chi connectivity index (χ3n) is 2.30. The van der Waals surface area contributed by atoms with Gasteiger partial charge in [-0.15, -0.1) is 12.3 Å². The van der Waals surface area contributed by atoms with Gasteiger partial charge in [-0.3, -0.25) is 0 Å². The molecule has 1 atom stereocenters. The predicted molar refractivity (Wildman–Crippen MR) is 74.4 cm³/mol. The molecule has 0 aliphatic carbocycles. The first-order valence-corrected chi connectivity index (χ1v) is 6.16. The highest BCUT2D eigenvalue weighted by atomic mass is 13.9. The van der Waals surface area contributed by atoms with Crippen LogP contribution in [0, 0.1) is 5.92 Å². The summed E-state index contributed by atoms with van der Waals surface area (Å²) in [6.07, 6.45) is 15.9. The molecule has 0 saturated heterocycles. The van der Waals surface area contributed by atoms with E-state index in [9.17, 15) is 0 Å². The highest BCUT2D eigenvalue weighted by Gasteiger charge is 1.90. The molecular weight excluding hydrogens is 192 g/mol. The molecule has 0 heteroatoms. The fourth-order valence-corrected chi connectivity index (χ4v) is 1.29. The molecule has 0 aromatic carbocycles. The molecule has 0 aromatic rings. The average Bonchev–Trinajstić information content (AvgIpc) is 2.31. The van der Waals surface area contributed by atoms with Gasteiger partial charge < -0.3 is 0 Å². The monoisotopic (exact) mass is 216 g/mol. The highest BCUT2D eigenvalue weighted by molar-refractivity contribution is 5.19. The van der Waals surface area contributed by atoms with E-state index in [1.54, 1.807) is 0 Å². The van der Waals surface area contributed by atoms with Crippen molar-refractivity contribution >= 4 is 0 Å². The second-order valence-corrected chi connectivity index (χ2v) is 3.72. The maximum Gasteiger partial charge on any atom is 0.0200 e. The summed E-state index contributed by atoms with van der Waals surface area (Å²) in [6.45, 7) is 10.2. The van der Waals surface area contributed by atoms with Crippen LogP contribution < -0.4 is 0 Å². The summed E-state index contributed by atoms with van der Waals surface area (Å²) in [5.41, 5.74) is 4.60. The minimum Gasteiger partial charge on any atom is -0.121 e. The fourth-order valence-electron chi connectivity index (χ4n) is 1.29. The Bertz CT molecular complexity index is 296. The largest absolute Gasteiger partial charge is 0.121 e. The third kappa shape index (κ3) is 7.09. The lowest BCUT2D eigenvalue weighted by Crippen LogP contribution is -1.82. The Kier molecular flexibility index (Phi) is 9.46. The molecule has 0 rings (SSSR count). The Balaban J connectivity index is 4.64. The number of rotatable bonds is 7. The van der Waals surface area contributed by atoms with Gasteiger partial charge in [-0.05, 0) is 31.4 Å². The van der Waals surface area contributed by atoms with Crippen molar-refractivity contribution < 1.29 is 0 Å². The van der Waals surface area contributed by atoms with Gasteiger partial charge in [0.25, 0.3) is 0 Å². The van der Waals surface area contributed by atoms with Crippen molar-refractivity contribution in [3.05, 3.63) is 54.3 Å². The van der Waals surface area contributed by atoms with Crippen LogP contribution in [0.3, 0.4) is 0 Å². The van der Waals surface area contributed by atoms with Crippen LogP contribution >= 0.6 is 0 Å². The standard InChI is InChI=1S/C16H24/c1-5-9-10-12-16(8-4)14-13-15(7-3)11-6-2/h6-7,10-13,15H,3,5,8-9H2,1-2,4H3. The van der Waals surface area contributed by atoms with Crippen LogP contribution in [0.4, 0.5) is 0 Å². The maximum absolute atomic E-state index is 3.81. The molecule has 0 nitrogen and oxygen atoms in total. The summed E-state index contributed by atoms with van der Waals surface area (Å²) in [5.74, 6) is 0.297. The van der Waals surface area contributed by atoms with Gasteiger partial charge in [-0.25, -0.2) is 0 Å². The van der Waals surface area contributed by atoms with Crippen LogP contribution in [-0.4, -0.2) is 0 Å². The summed E-state index contributed by atoms with van der Waals surface area (Å²) < 4.78 is 0. The van der Waals surface area contributed by atoms with Crippen molar-refractivity contribution in [2.75, 3.05) is 0 Å². The van der Waals surface area contributed by atoms with Gasteiger partial charge in [0.2, 0.25) is 0 Å². The van der Waals surface area contributed by atoms with Crippen LogP contribution in [0.5, 0.6) is 0 Å².